The van der Waals surface area contributed by atoms with Crippen LogP contribution in [0.4, 0.5) is 13.2 Å². The summed E-state index contributed by atoms with van der Waals surface area (Å²) in [5.74, 6) is -0.0983. The van der Waals surface area contributed by atoms with Gasteiger partial charge >= 0.3 is 6.18 Å². The summed E-state index contributed by atoms with van der Waals surface area (Å²) in [6, 6.07) is 1.45. The number of benzene rings is 1. The van der Waals surface area contributed by atoms with E-state index in [9.17, 15) is 18.0 Å². The number of alkyl halides is 3. The average molecular weight is 317 g/mol. The van der Waals surface area contributed by atoms with Gasteiger partial charge in [-0.1, -0.05) is 0 Å². The van der Waals surface area contributed by atoms with E-state index in [0.717, 1.165) is 6.07 Å². The molecule has 0 aromatic heterocycles. The third kappa shape index (κ3) is 2.68. The van der Waals surface area contributed by atoms with Gasteiger partial charge < -0.3 is 4.74 Å². The summed E-state index contributed by atoms with van der Waals surface area (Å²) in [6.45, 7) is 0. The molecule has 0 radical (unpaired) electrons. The van der Waals surface area contributed by atoms with Crippen LogP contribution in [0.3, 0.4) is 0 Å². The number of methoxy groups -OCH3 is 1. The molecule has 0 spiro atoms. The third-order valence-corrected chi connectivity index (χ3v) is 2.82. The average Bonchev–Trinajstić information content (AvgIpc) is 2.15. The molecule has 0 heterocycles. The summed E-state index contributed by atoms with van der Waals surface area (Å²) in [4.78, 5) is 10.9. The minimum atomic E-state index is -4.56. The second kappa shape index (κ2) is 4.63. The number of carbonyl (C=O) groups is 1. The number of hydrogen-bond acceptors (Lipinski definition) is 2. The molecule has 0 aliphatic carbocycles. The summed E-state index contributed by atoms with van der Waals surface area (Å²) < 4.78 is 42.2. The lowest BCUT2D eigenvalue weighted by molar-refractivity contribution is -0.137. The van der Waals surface area contributed by atoms with E-state index < -0.39 is 17.0 Å². The molecule has 1 rings (SSSR count). The van der Waals surface area contributed by atoms with Crippen LogP contribution in [0.1, 0.15) is 15.9 Å². The van der Waals surface area contributed by atoms with Gasteiger partial charge in [-0.2, -0.15) is 13.2 Å². The van der Waals surface area contributed by atoms with Gasteiger partial charge in [-0.3, -0.25) is 4.79 Å². The molecule has 0 N–H and O–H groups in total. The fourth-order valence-electron chi connectivity index (χ4n) is 1.05. The molecule has 0 aliphatic heterocycles. The van der Waals surface area contributed by atoms with E-state index in [1.54, 1.807) is 0 Å². The van der Waals surface area contributed by atoms with Crippen molar-refractivity contribution >= 4 is 32.8 Å². The summed E-state index contributed by atoms with van der Waals surface area (Å²) in [7, 11) is 1.20. The Morgan fingerprint density at radius 1 is 1.44 bits per heavy atom. The van der Waals surface area contributed by atoms with E-state index in [4.69, 9.17) is 16.3 Å². The van der Waals surface area contributed by atoms with Gasteiger partial charge in [0.05, 0.1) is 22.7 Å². The minimum Gasteiger partial charge on any atom is -0.496 e. The predicted molar refractivity (Wildman–Crippen MR) is 55.9 cm³/mol. The second-order valence-corrected chi connectivity index (χ2v) is 3.95. The van der Waals surface area contributed by atoms with Crippen LogP contribution in [-0.4, -0.2) is 12.4 Å². The molecule has 1 aromatic carbocycles. The van der Waals surface area contributed by atoms with Crippen LogP contribution in [0.5, 0.6) is 5.75 Å². The SMILES string of the molecule is COc1cc(C(F)(F)F)cc(C(=O)Cl)c1Br. The first-order valence-electron chi connectivity index (χ1n) is 3.92. The predicted octanol–water partition coefficient (Wildman–Crippen LogP) is 3.86. The quantitative estimate of drug-likeness (QED) is 0.774. The summed E-state index contributed by atoms with van der Waals surface area (Å²) >= 11 is 8.11. The molecule has 0 saturated carbocycles. The Morgan fingerprint density at radius 2 is 2.00 bits per heavy atom. The third-order valence-electron chi connectivity index (χ3n) is 1.80. The van der Waals surface area contributed by atoms with E-state index in [1.165, 1.54) is 7.11 Å². The van der Waals surface area contributed by atoms with E-state index in [-0.39, 0.29) is 15.8 Å². The Hall–Kier alpha value is -0.750. The first kappa shape index (κ1) is 13.3. The Labute approximate surface area is 102 Å². The zero-order valence-corrected chi connectivity index (χ0v) is 10.2. The van der Waals surface area contributed by atoms with Crippen molar-refractivity contribution in [3.8, 4) is 5.75 Å². The lowest BCUT2D eigenvalue weighted by atomic mass is 10.1. The molecule has 1 aromatic rings. The van der Waals surface area contributed by atoms with Crippen molar-refractivity contribution in [2.24, 2.45) is 0 Å². The number of carbonyl (C=O) groups excluding carboxylic acids is 1. The molecule has 0 unspecified atom stereocenters. The molecule has 2 nitrogen and oxygen atoms in total. The number of halogens is 5. The van der Waals surface area contributed by atoms with Crippen LogP contribution in [0, 0.1) is 0 Å². The normalized spacial score (nSPS) is 11.4. The highest BCUT2D eigenvalue weighted by molar-refractivity contribution is 9.10. The van der Waals surface area contributed by atoms with E-state index in [1.807, 2.05) is 0 Å². The fraction of sp³-hybridized carbons (Fsp3) is 0.222. The Kier molecular flexibility index (Phi) is 3.85. The van der Waals surface area contributed by atoms with E-state index in [2.05, 4.69) is 15.9 Å². The van der Waals surface area contributed by atoms with Crippen molar-refractivity contribution in [1.29, 1.82) is 0 Å². The highest BCUT2D eigenvalue weighted by Crippen LogP contribution is 2.37. The summed E-state index contributed by atoms with van der Waals surface area (Å²) in [6.07, 6.45) is -4.56. The fourth-order valence-corrected chi connectivity index (χ4v) is 1.89. The van der Waals surface area contributed by atoms with Gasteiger partial charge in [0.15, 0.2) is 0 Å². The zero-order valence-electron chi connectivity index (χ0n) is 7.86. The topological polar surface area (TPSA) is 26.3 Å². The maximum absolute atomic E-state index is 12.5. The van der Waals surface area contributed by atoms with Crippen LogP contribution >= 0.6 is 27.5 Å². The van der Waals surface area contributed by atoms with Gasteiger partial charge in [-0.05, 0) is 39.7 Å². The molecule has 0 saturated heterocycles. The van der Waals surface area contributed by atoms with E-state index in [0.29, 0.717) is 6.07 Å². The molecule has 0 atom stereocenters. The Balaban J connectivity index is 3.46. The molecule has 7 heteroatoms. The standard InChI is InChI=1S/C9H5BrClF3O2/c1-16-6-3-4(9(12,13)14)2-5(7(6)10)8(11)15/h2-3H,1H3. The van der Waals surface area contributed by atoms with E-state index >= 15 is 0 Å². The van der Waals surface area contributed by atoms with Gasteiger partial charge in [0.1, 0.15) is 5.75 Å². The molecule has 0 amide bonds. The van der Waals surface area contributed by atoms with Crippen molar-refractivity contribution in [3.05, 3.63) is 27.7 Å². The van der Waals surface area contributed by atoms with Gasteiger partial charge in [0.25, 0.3) is 5.24 Å². The molecule has 0 fully saturated rings. The van der Waals surface area contributed by atoms with Crippen LogP contribution in [-0.2, 0) is 6.18 Å². The van der Waals surface area contributed by atoms with Crippen molar-refractivity contribution < 1.29 is 22.7 Å². The maximum atomic E-state index is 12.5. The van der Waals surface area contributed by atoms with Gasteiger partial charge in [-0.25, -0.2) is 0 Å². The first-order chi connectivity index (χ1) is 7.27. The van der Waals surface area contributed by atoms with Gasteiger partial charge in [-0.15, -0.1) is 0 Å². The largest absolute Gasteiger partial charge is 0.496 e. The van der Waals surface area contributed by atoms with Gasteiger partial charge in [0, 0.05) is 0 Å². The van der Waals surface area contributed by atoms with Gasteiger partial charge in [0.2, 0.25) is 0 Å². The summed E-state index contributed by atoms with van der Waals surface area (Å²) in [5.41, 5.74) is -1.27. The molecule has 0 bridgehead atoms. The van der Waals surface area contributed by atoms with Crippen LogP contribution in [0.2, 0.25) is 0 Å². The lowest BCUT2D eigenvalue weighted by Crippen LogP contribution is -2.07. The number of rotatable bonds is 2. The molecular weight excluding hydrogens is 312 g/mol. The summed E-state index contributed by atoms with van der Waals surface area (Å²) in [5, 5.41) is -0.990. The molecule has 88 valence electrons. The maximum Gasteiger partial charge on any atom is 0.416 e. The minimum absolute atomic E-state index is 0.0983. The monoisotopic (exact) mass is 316 g/mol. The highest BCUT2D eigenvalue weighted by atomic mass is 79.9. The Morgan fingerprint density at radius 3 is 2.38 bits per heavy atom. The lowest BCUT2D eigenvalue weighted by Gasteiger charge is -2.12. The highest BCUT2D eigenvalue weighted by Gasteiger charge is 2.33. The molecule has 16 heavy (non-hydrogen) atoms. The molecular formula is C9H5BrClF3O2. The van der Waals surface area contributed by atoms with Crippen LogP contribution in [0.25, 0.3) is 0 Å². The van der Waals surface area contributed by atoms with Crippen LogP contribution < -0.4 is 4.74 Å². The smallest absolute Gasteiger partial charge is 0.416 e. The molecule has 0 aliphatic rings. The number of ether oxygens (including phenoxy) is 1. The van der Waals surface area contributed by atoms with Crippen molar-refractivity contribution in [3.63, 3.8) is 0 Å². The first-order valence-corrected chi connectivity index (χ1v) is 5.09. The van der Waals surface area contributed by atoms with Crippen molar-refractivity contribution in [2.45, 2.75) is 6.18 Å². The number of hydrogen-bond donors (Lipinski definition) is 0. The van der Waals surface area contributed by atoms with Crippen molar-refractivity contribution in [2.75, 3.05) is 7.11 Å². The Bertz CT molecular complexity index is 431. The van der Waals surface area contributed by atoms with Crippen molar-refractivity contribution in [1.82, 2.24) is 0 Å². The van der Waals surface area contributed by atoms with Crippen LogP contribution in [0.15, 0.2) is 16.6 Å². The second-order valence-electron chi connectivity index (χ2n) is 2.81. The zero-order chi connectivity index (χ0) is 12.5.